The Morgan fingerprint density at radius 1 is 1.26 bits per heavy atom. The van der Waals surface area contributed by atoms with Crippen LogP contribution in [0.5, 0.6) is 0 Å². The minimum absolute atomic E-state index is 0.283. The fourth-order valence-electron chi connectivity index (χ4n) is 2.08. The molecule has 1 unspecified atom stereocenters. The van der Waals surface area contributed by atoms with Gasteiger partial charge in [-0.05, 0) is 12.1 Å². The van der Waals surface area contributed by atoms with Gasteiger partial charge in [-0.15, -0.1) is 0 Å². The molecule has 1 atom stereocenters. The van der Waals surface area contributed by atoms with Crippen molar-refractivity contribution in [2.24, 2.45) is 0 Å². The quantitative estimate of drug-likeness (QED) is 0.874. The highest BCUT2D eigenvalue weighted by atomic mass is 35.5. The first kappa shape index (κ1) is 12.9. The highest BCUT2D eigenvalue weighted by Crippen LogP contribution is 2.33. The Labute approximate surface area is 120 Å². The number of hydrogen-bond acceptors (Lipinski definition) is 4. The Balaban J connectivity index is 2.03. The second-order valence-electron chi connectivity index (χ2n) is 4.10. The van der Waals surface area contributed by atoms with Gasteiger partial charge in [-0.2, -0.15) is 5.10 Å². The lowest BCUT2D eigenvalue weighted by atomic mass is 10.1. The van der Waals surface area contributed by atoms with Gasteiger partial charge in [0.1, 0.15) is 18.7 Å². The number of ether oxygens (including phenoxy) is 2. The topological polar surface area (TPSA) is 49.2 Å². The molecular weight excluding hydrogens is 289 g/mol. The van der Waals surface area contributed by atoms with Crippen molar-refractivity contribution in [3.63, 3.8) is 0 Å². The minimum atomic E-state index is -0.430. The third kappa shape index (κ3) is 2.60. The highest BCUT2D eigenvalue weighted by molar-refractivity contribution is 6.35. The molecule has 0 N–H and O–H groups in total. The average molecular weight is 300 g/mol. The second-order valence-corrected chi connectivity index (χ2v) is 4.94. The fraction of sp³-hybridized carbons (Fsp3) is 0.333. The predicted molar refractivity (Wildman–Crippen MR) is 70.3 cm³/mol. The van der Waals surface area contributed by atoms with E-state index in [1.807, 2.05) is 6.07 Å². The molecule has 0 saturated carbocycles. The third-order valence-electron chi connectivity index (χ3n) is 2.91. The van der Waals surface area contributed by atoms with Crippen molar-refractivity contribution in [2.75, 3.05) is 13.2 Å². The van der Waals surface area contributed by atoms with Gasteiger partial charge in [-0.3, -0.25) is 0 Å². The van der Waals surface area contributed by atoms with Crippen LogP contribution in [0.25, 0.3) is 0 Å². The Morgan fingerprint density at radius 3 is 2.68 bits per heavy atom. The zero-order valence-corrected chi connectivity index (χ0v) is 11.4. The largest absolute Gasteiger partial charge is 0.348 e. The van der Waals surface area contributed by atoms with Gasteiger partial charge in [0, 0.05) is 15.6 Å². The van der Waals surface area contributed by atoms with Crippen LogP contribution in [0, 0.1) is 0 Å². The fourth-order valence-corrected chi connectivity index (χ4v) is 2.60. The Bertz CT molecular complexity index is 556. The van der Waals surface area contributed by atoms with Crippen molar-refractivity contribution in [1.29, 1.82) is 0 Å². The summed E-state index contributed by atoms with van der Waals surface area (Å²) in [7, 11) is 0. The maximum absolute atomic E-state index is 6.26. The smallest absolute Gasteiger partial charge is 0.184 e. The summed E-state index contributed by atoms with van der Waals surface area (Å²) in [5.41, 5.74) is 0.837. The van der Waals surface area contributed by atoms with E-state index in [1.54, 1.807) is 23.1 Å². The summed E-state index contributed by atoms with van der Waals surface area (Å²) < 4.78 is 12.8. The molecule has 0 aliphatic carbocycles. The van der Waals surface area contributed by atoms with Gasteiger partial charge < -0.3 is 9.47 Å². The van der Waals surface area contributed by atoms with Crippen molar-refractivity contribution in [3.05, 3.63) is 46.5 Å². The first-order chi connectivity index (χ1) is 9.25. The lowest BCUT2D eigenvalue weighted by molar-refractivity contribution is -0.0700. The summed E-state index contributed by atoms with van der Waals surface area (Å²) in [6.07, 6.45) is 2.65. The van der Waals surface area contributed by atoms with Crippen LogP contribution in [-0.2, 0) is 9.47 Å². The van der Waals surface area contributed by atoms with E-state index in [0.29, 0.717) is 23.3 Å². The SMILES string of the molecule is Clc1ccc(C(C2OCCO2)n2cncn2)c(Cl)c1. The molecule has 7 heteroatoms. The molecule has 1 aliphatic heterocycles. The molecule has 1 aromatic carbocycles. The van der Waals surface area contributed by atoms with Gasteiger partial charge in [0.05, 0.1) is 13.2 Å². The van der Waals surface area contributed by atoms with Crippen LogP contribution >= 0.6 is 23.2 Å². The lowest BCUT2D eigenvalue weighted by Gasteiger charge is -2.23. The van der Waals surface area contributed by atoms with Crippen LogP contribution < -0.4 is 0 Å². The van der Waals surface area contributed by atoms with Crippen molar-refractivity contribution >= 4 is 23.2 Å². The van der Waals surface area contributed by atoms with E-state index in [2.05, 4.69) is 10.1 Å². The number of nitrogens with zero attached hydrogens (tertiary/aromatic N) is 3. The normalized spacial score (nSPS) is 17.8. The Morgan fingerprint density at radius 2 is 2.05 bits per heavy atom. The van der Waals surface area contributed by atoms with Crippen LogP contribution in [0.3, 0.4) is 0 Å². The van der Waals surface area contributed by atoms with Crippen molar-refractivity contribution in [3.8, 4) is 0 Å². The standard InChI is InChI=1S/C12H11Cl2N3O2/c13-8-1-2-9(10(14)5-8)11(12-18-3-4-19-12)17-7-15-6-16-17/h1-2,5-7,11-12H,3-4H2. The van der Waals surface area contributed by atoms with Gasteiger partial charge in [-0.25, -0.2) is 9.67 Å². The second kappa shape index (κ2) is 5.46. The molecule has 0 bridgehead atoms. The molecule has 100 valence electrons. The zero-order valence-electron chi connectivity index (χ0n) is 9.87. The molecule has 0 spiro atoms. The van der Waals surface area contributed by atoms with Crippen molar-refractivity contribution < 1.29 is 9.47 Å². The van der Waals surface area contributed by atoms with E-state index in [0.717, 1.165) is 5.56 Å². The lowest BCUT2D eigenvalue weighted by Crippen LogP contribution is -2.27. The summed E-state index contributed by atoms with van der Waals surface area (Å²) in [5, 5.41) is 5.29. The van der Waals surface area contributed by atoms with E-state index >= 15 is 0 Å². The highest BCUT2D eigenvalue weighted by Gasteiger charge is 2.32. The average Bonchev–Trinajstić information content (AvgIpc) is 3.06. The first-order valence-electron chi connectivity index (χ1n) is 5.78. The predicted octanol–water partition coefficient (Wildman–Crippen LogP) is 2.55. The number of hydrogen-bond donors (Lipinski definition) is 0. The third-order valence-corrected chi connectivity index (χ3v) is 3.47. The maximum Gasteiger partial charge on any atom is 0.184 e. The van der Waals surface area contributed by atoms with E-state index in [4.69, 9.17) is 32.7 Å². The number of rotatable bonds is 3. The van der Waals surface area contributed by atoms with Crippen molar-refractivity contribution in [2.45, 2.75) is 12.3 Å². The van der Waals surface area contributed by atoms with Gasteiger partial charge in [0.25, 0.3) is 0 Å². The number of halogens is 2. The molecule has 1 aromatic heterocycles. The monoisotopic (exact) mass is 299 g/mol. The summed E-state index contributed by atoms with van der Waals surface area (Å²) in [6, 6.07) is 5.04. The minimum Gasteiger partial charge on any atom is -0.348 e. The molecule has 5 nitrogen and oxygen atoms in total. The summed E-state index contributed by atoms with van der Waals surface area (Å²) in [4.78, 5) is 3.96. The Hall–Kier alpha value is -1.14. The zero-order chi connectivity index (χ0) is 13.2. The molecule has 2 aromatic rings. The van der Waals surface area contributed by atoms with Gasteiger partial charge in [0.2, 0.25) is 0 Å². The molecule has 1 fully saturated rings. The summed E-state index contributed by atoms with van der Waals surface area (Å²) in [5.74, 6) is 0. The van der Waals surface area contributed by atoms with Crippen LogP contribution in [0.15, 0.2) is 30.9 Å². The number of benzene rings is 1. The molecular formula is C12H11Cl2N3O2. The van der Waals surface area contributed by atoms with Crippen LogP contribution in [-0.4, -0.2) is 34.3 Å². The number of aromatic nitrogens is 3. The van der Waals surface area contributed by atoms with Crippen LogP contribution in [0.2, 0.25) is 10.0 Å². The molecule has 0 radical (unpaired) electrons. The van der Waals surface area contributed by atoms with E-state index in [1.165, 1.54) is 6.33 Å². The maximum atomic E-state index is 6.26. The van der Waals surface area contributed by atoms with E-state index < -0.39 is 6.29 Å². The molecule has 2 heterocycles. The van der Waals surface area contributed by atoms with Crippen LogP contribution in [0.4, 0.5) is 0 Å². The molecule has 1 aliphatic rings. The van der Waals surface area contributed by atoms with Gasteiger partial charge in [-0.1, -0.05) is 29.3 Å². The Kier molecular flexibility index (Phi) is 3.70. The first-order valence-corrected chi connectivity index (χ1v) is 6.53. The van der Waals surface area contributed by atoms with Crippen molar-refractivity contribution in [1.82, 2.24) is 14.8 Å². The van der Waals surface area contributed by atoms with E-state index in [-0.39, 0.29) is 6.04 Å². The summed E-state index contributed by atoms with van der Waals surface area (Å²) in [6.45, 7) is 1.11. The van der Waals surface area contributed by atoms with E-state index in [9.17, 15) is 0 Å². The van der Waals surface area contributed by atoms with Gasteiger partial charge in [0.15, 0.2) is 6.29 Å². The van der Waals surface area contributed by atoms with Gasteiger partial charge >= 0.3 is 0 Å². The molecule has 0 amide bonds. The van der Waals surface area contributed by atoms with Crippen LogP contribution in [0.1, 0.15) is 11.6 Å². The summed E-state index contributed by atoms with van der Waals surface area (Å²) >= 11 is 12.2. The molecule has 19 heavy (non-hydrogen) atoms. The molecule has 3 rings (SSSR count). The molecule has 1 saturated heterocycles.